The Kier molecular flexibility index (Phi) is 7.22. The molecule has 1 atom stereocenters. The van der Waals surface area contributed by atoms with Crippen molar-refractivity contribution in [2.24, 2.45) is 10.9 Å². The van der Waals surface area contributed by atoms with Crippen LogP contribution >= 0.6 is 0 Å². The molecule has 1 aliphatic heterocycles. The largest absolute Gasteiger partial charge is 0.357 e. The quantitative estimate of drug-likeness (QED) is 0.430. The molecule has 6 heteroatoms. The maximum Gasteiger partial charge on any atom is 0.191 e. The van der Waals surface area contributed by atoms with Gasteiger partial charge in [-0.3, -0.25) is 9.67 Å². The maximum absolute atomic E-state index is 4.74. The van der Waals surface area contributed by atoms with Crippen LogP contribution in [0.4, 0.5) is 0 Å². The second-order valence-corrected chi connectivity index (χ2v) is 5.82. The highest BCUT2D eigenvalue weighted by Crippen LogP contribution is 2.15. The summed E-state index contributed by atoms with van der Waals surface area (Å²) in [5, 5.41) is 11.0. The fourth-order valence-corrected chi connectivity index (χ4v) is 2.79. The Morgan fingerprint density at radius 3 is 2.95 bits per heavy atom. The first kappa shape index (κ1) is 16.8. The summed E-state index contributed by atoms with van der Waals surface area (Å²) < 4.78 is 1.96. The standard InChI is InChI=1S/C16H30N6/c1-3-17-16(18-8-5-10-22-11-6-9-20-22)19-13-15-7-12-21(4-2)14-15/h6,9,11,15H,3-5,7-8,10,12-14H2,1-2H3,(H2,17,18,19). The van der Waals surface area contributed by atoms with Crippen LogP contribution < -0.4 is 10.6 Å². The molecule has 1 aliphatic rings. The molecule has 0 bridgehead atoms. The lowest BCUT2D eigenvalue weighted by molar-refractivity contribution is 0.343. The van der Waals surface area contributed by atoms with Crippen molar-refractivity contribution in [3.8, 4) is 0 Å². The molecule has 1 saturated heterocycles. The monoisotopic (exact) mass is 306 g/mol. The van der Waals surface area contributed by atoms with Crippen LogP contribution in [0.1, 0.15) is 26.7 Å². The molecule has 1 fully saturated rings. The van der Waals surface area contributed by atoms with E-state index in [4.69, 9.17) is 4.99 Å². The SMILES string of the molecule is CCNC(=NCC1CCN(CC)C1)NCCCn1cccn1. The van der Waals surface area contributed by atoms with E-state index >= 15 is 0 Å². The van der Waals surface area contributed by atoms with Crippen molar-refractivity contribution >= 4 is 5.96 Å². The van der Waals surface area contributed by atoms with E-state index in [9.17, 15) is 0 Å². The predicted molar refractivity (Wildman–Crippen MR) is 91.0 cm³/mol. The summed E-state index contributed by atoms with van der Waals surface area (Å²) in [6.07, 6.45) is 6.13. The van der Waals surface area contributed by atoms with Crippen LogP contribution in [0.2, 0.25) is 0 Å². The summed E-state index contributed by atoms with van der Waals surface area (Å²) >= 11 is 0. The first-order valence-electron chi connectivity index (χ1n) is 8.53. The molecule has 0 aromatic carbocycles. The van der Waals surface area contributed by atoms with Crippen molar-refractivity contribution in [3.05, 3.63) is 18.5 Å². The van der Waals surface area contributed by atoms with Gasteiger partial charge in [-0.25, -0.2) is 0 Å². The van der Waals surface area contributed by atoms with E-state index < -0.39 is 0 Å². The number of aryl methyl sites for hydroxylation is 1. The third-order valence-corrected chi connectivity index (χ3v) is 4.08. The number of rotatable bonds is 8. The molecule has 1 unspecified atom stereocenters. The number of hydrogen-bond donors (Lipinski definition) is 2. The topological polar surface area (TPSA) is 57.5 Å². The molecule has 22 heavy (non-hydrogen) atoms. The Morgan fingerprint density at radius 1 is 1.36 bits per heavy atom. The minimum absolute atomic E-state index is 0.708. The lowest BCUT2D eigenvalue weighted by Gasteiger charge is -2.14. The summed E-state index contributed by atoms with van der Waals surface area (Å²) in [7, 11) is 0. The van der Waals surface area contributed by atoms with E-state index in [0.29, 0.717) is 5.92 Å². The molecule has 1 aromatic heterocycles. The molecule has 0 spiro atoms. The van der Waals surface area contributed by atoms with Crippen molar-refractivity contribution in [3.63, 3.8) is 0 Å². The van der Waals surface area contributed by atoms with Gasteiger partial charge in [0.25, 0.3) is 0 Å². The summed E-state index contributed by atoms with van der Waals surface area (Å²) in [5.74, 6) is 1.65. The lowest BCUT2D eigenvalue weighted by atomic mass is 10.1. The van der Waals surface area contributed by atoms with Crippen LogP contribution in [0.3, 0.4) is 0 Å². The smallest absolute Gasteiger partial charge is 0.191 e. The highest BCUT2D eigenvalue weighted by atomic mass is 15.3. The zero-order valence-electron chi connectivity index (χ0n) is 14.0. The average molecular weight is 306 g/mol. The predicted octanol–water partition coefficient (Wildman–Crippen LogP) is 1.17. The summed E-state index contributed by atoms with van der Waals surface area (Å²) in [6.45, 7) is 11.6. The Bertz CT molecular complexity index is 428. The van der Waals surface area contributed by atoms with E-state index in [1.165, 1.54) is 19.5 Å². The number of aliphatic imine (C=N–C) groups is 1. The zero-order chi connectivity index (χ0) is 15.6. The molecular formula is C16H30N6. The lowest BCUT2D eigenvalue weighted by Crippen LogP contribution is -2.38. The van der Waals surface area contributed by atoms with Gasteiger partial charge in [0, 0.05) is 45.1 Å². The van der Waals surface area contributed by atoms with Crippen LogP contribution in [0.5, 0.6) is 0 Å². The van der Waals surface area contributed by atoms with E-state index in [1.54, 1.807) is 0 Å². The molecule has 0 aliphatic carbocycles. The first-order chi connectivity index (χ1) is 10.8. The molecule has 0 radical (unpaired) electrons. The highest BCUT2D eigenvalue weighted by Gasteiger charge is 2.20. The van der Waals surface area contributed by atoms with Crippen molar-refractivity contribution in [1.29, 1.82) is 0 Å². The normalized spacial score (nSPS) is 19.5. The molecule has 2 heterocycles. The average Bonchev–Trinajstić information content (AvgIpc) is 3.20. The summed E-state index contributed by atoms with van der Waals surface area (Å²) in [6, 6.07) is 1.96. The molecule has 2 N–H and O–H groups in total. The third-order valence-electron chi connectivity index (χ3n) is 4.08. The van der Waals surface area contributed by atoms with Crippen molar-refractivity contribution in [2.45, 2.75) is 33.2 Å². The number of likely N-dealkylation sites (tertiary alicyclic amines) is 1. The van der Waals surface area contributed by atoms with Crippen molar-refractivity contribution in [1.82, 2.24) is 25.3 Å². The van der Waals surface area contributed by atoms with E-state index in [0.717, 1.165) is 45.1 Å². The van der Waals surface area contributed by atoms with Gasteiger partial charge in [-0.15, -0.1) is 0 Å². The number of nitrogens with zero attached hydrogens (tertiary/aromatic N) is 4. The van der Waals surface area contributed by atoms with Gasteiger partial charge >= 0.3 is 0 Å². The Labute approximate surface area is 134 Å². The van der Waals surface area contributed by atoms with Gasteiger partial charge in [0.15, 0.2) is 5.96 Å². The molecule has 0 saturated carbocycles. The third kappa shape index (κ3) is 5.67. The molecule has 124 valence electrons. The second kappa shape index (κ2) is 9.46. The molecule has 2 rings (SSSR count). The fraction of sp³-hybridized carbons (Fsp3) is 0.750. The van der Waals surface area contributed by atoms with Crippen molar-refractivity contribution < 1.29 is 0 Å². The zero-order valence-corrected chi connectivity index (χ0v) is 14.0. The van der Waals surface area contributed by atoms with E-state index in [-0.39, 0.29) is 0 Å². The highest BCUT2D eigenvalue weighted by molar-refractivity contribution is 5.79. The summed E-state index contributed by atoms with van der Waals surface area (Å²) in [5.41, 5.74) is 0. The molecule has 1 aromatic rings. The van der Waals surface area contributed by atoms with Crippen LogP contribution in [-0.4, -0.2) is 59.9 Å². The minimum atomic E-state index is 0.708. The number of guanidine groups is 1. The minimum Gasteiger partial charge on any atom is -0.357 e. The maximum atomic E-state index is 4.74. The number of aromatic nitrogens is 2. The van der Waals surface area contributed by atoms with Crippen LogP contribution in [0.25, 0.3) is 0 Å². The van der Waals surface area contributed by atoms with Crippen LogP contribution in [0.15, 0.2) is 23.5 Å². The molecule has 6 nitrogen and oxygen atoms in total. The molecular weight excluding hydrogens is 276 g/mol. The number of nitrogens with one attached hydrogen (secondary N) is 2. The van der Waals surface area contributed by atoms with E-state index in [1.807, 2.05) is 23.1 Å². The Balaban J connectivity index is 1.68. The summed E-state index contributed by atoms with van der Waals surface area (Å²) in [4.78, 5) is 7.25. The number of hydrogen-bond acceptors (Lipinski definition) is 3. The fourth-order valence-electron chi connectivity index (χ4n) is 2.79. The van der Waals surface area contributed by atoms with E-state index in [2.05, 4.69) is 34.5 Å². The van der Waals surface area contributed by atoms with Crippen LogP contribution in [-0.2, 0) is 6.54 Å². The van der Waals surface area contributed by atoms with Crippen LogP contribution in [0, 0.1) is 5.92 Å². The van der Waals surface area contributed by atoms with Gasteiger partial charge in [-0.05, 0) is 44.8 Å². The van der Waals surface area contributed by atoms with Gasteiger partial charge in [0.2, 0.25) is 0 Å². The molecule has 0 amide bonds. The first-order valence-corrected chi connectivity index (χ1v) is 8.53. The van der Waals surface area contributed by atoms with Gasteiger partial charge in [-0.2, -0.15) is 5.10 Å². The van der Waals surface area contributed by atoms with Gasteiger partial charge in [-0.1, -0.05) is 6.92 Å². The Morgan fingerprint density at radius 2 is 2.27 bits per heavy atom. The van der Waals surface area contributed by atoms with Crippen molar-refractivity contribution in [2.75, 3.05) is 39.3 Å². The Hall–Kier alpha value is -1.56. The second-order valence-electron chi connectivity index (χ2n) is 5.82. The van der Waals surface area contributed by atoms with Gasteiger partial charge in [0.05, 0.1) is 0 Å². The van der Waals surface area contributed by atoms with Gasteiger partial charge in [0.1, 0.15) is 0 Å². The van der Waals surface area contributed by atoms with Gasteiger partial charge < -0.3 is 15.5 Å².